The van der Waals surface area contributed by atoms with E-state index in [-0.39, 0.29) is 5.91 Å². The molecule has 0 aromatic rings. The fourth-order valence-corrected chi connectivity index (χ4v) is 1.51. The maximum atomic E-state index is 11.1. The zero-order chi connectivity index (χ0) is 7.84. The van der Waals surface area contributed by atoms with Gasteiger partial charge in [-0.3, -0.25) is 4.79 Å². The molecule has 0 fully saturated rings. The molecule has 0 saturated carbocycles. The largest absolute Gasteiger partial charge is 0.402 e. The first kappa shape index (κ1) is 6.46. The topological polar surface area (TPSA) is 55.1 Å². The molecule has 3 nitrogen and oxygen atoms in total. The highest BCUT2D eigenvalue weighted by atomic mass is 16.1. The number of nitrogens with one attached hydrogen (secondary N) is 1. The molecule has 2 rings (SSSR count). The summed E-state index contributed by atoms with van der Waals surface area (Å²) in [6, 6.07) is 0. The second-order valence-electron chi connectivity index (χ2n) is 2.91. The molecule has 3 N–H and O–H groups in total. The van der Waals surface area contributed by atoms with Gasteiger partial charge in [0.25, 0.3) is 0 Å². The molecule has 11 heavy (non-hydrogen) atoms. The summed E-state index contributed by atoms with van der Waals surface area (Å²) in [5.41, 5.74) is 8.53. The molecule has 0 aromatic heterocycles. The van der Waals surface area contributed by atoms with Crippen LogP contribution in [0.2, 0.25) is 0 Å². The van der Waals surface area contributed by atoms with E-state index in [4.69, 9.17) is 5.73 Å². The molecule has 0 radical (unpaired) electrons. The first-order valence-corrected chi connectivity index (χ1v) is 3.73. The van der Waals surface area contributed by atoms with Gasteiger partial charge in [0.1, 0.15) is 0 Å². The van der Waals surface area contributed by atoms with Crippen molar-refractivity contribution in [2.75, 3.05) is 6.54 Å². The number of hydrogen-bond acceptors (Lipinski definition) is 2. The van der Waals surface area contributed by atoms with Crippen LogP contribution in [0.1, 0.15) is 12.8 Å². The molecule has 0 spiro atoms. The van der Waals surface area contributed by atoms with Crippen molar-refractivity contribution < 1.29 is 4.79 Å². The maximum absolute atomic E-state index is 11.1. The van der Waals surface area contributed by atoms with Gasteiger partial charge >= 0.3 is 0 Å². The summed E-state index contributed by atoms with van der Waals surface area (Å²) in [6.07, 6.45) is 3.55. The van der Waals surface area contributed by atoms with Gasteiger partial charge in [-0.25, -0.2) is 0 Å². The zero-order valence-electron chi connectivity index (χ0n) is 6.18. The van der Waals surface area contributed by atoms with Crippen LogP contribution in [0.5, 0.6) is 0 Å². The second kappa shape index (κ2) is 2.12. The predicted octanol–water partition coefficient (Wildman–Crippen LogP) is 0.0492. The van der Waals surface area contributed by atoms with Gasteiger partial charge in [-0.2, -0.15) is 0 Å². The number of carbonyl (C=O) groups excluding carboxylic acids is 1. The van der Waals surface area contributed by atoms with E-state index in [0.717, 1.165) is 29.7 Å². The van der Waals surface area contributed by atoms with Gasteiger partial charge in [0, 0.05) is 17.8 Å². The van der Waals surface area contributed by atoms with Gasteiger partial charge in [0.05, 0.1) is 0 Å². The van der Waals surface area contributed by atoms with Crippen LogP contribution >= 0.6 is 0 Å². The quantitative estimate of drug-likeness (QED) is 0.512. The molecule has 0 atom stereocenters. The Bertz CT molecular complexity index is 276. The van der Waals surface area contributed by atoms with Crippen LogP contribution in [0.3, 0.4) is 0 Å². The Balaban J connectivity index is 2.38. The van der Waals surface area contributed by atoms with Crippen LogP contribution in [0.25, 0.3) is 0 Å². The van der Waals surface area contributed by atoms with Crippen molar-refractivity contribution in [3.8, 4) is 0 Å². The minimum atomic E-state index is 0.0868. The molecule has 3 heteroatoms. The van der Waals surface area contributed by atoms with Crippen molar-refractivity contribution >= 4 is 5.91 Å². The monoisotopic (exact) mass is 150 g/mol. The predicted molar refractivity (Wildman–Crippen MR) is 41.5 cm³/mol. The number of amides is 1. The first-order chi connectivity index (χ1) is 5.27. The molecule has 2 aliphatic rings. The van der Waals surface area contributed by atoms with E-state index < -0.39 is 0 Å². The molecular formula is C8H10N2O. The SMILES string of the molecule is NC1=CC2=C(CC1)C(=O)NC2. The lowest BCUT2D eigenvalue weighted by Crippen LogP contribution is -2.17. The van der Waals surface area contributed by atoms with Crippen molar-refractivity contribution in [3.63, 3.8) is 0 Å². The molecule has 1 heterocycles. The average molecular weight is 150 g/mol. The summed E-state index contributed by atoms with van der Waals surface area (Å²) in [5.74, 6) is 0.0868. The molecule has 1 aliphatic carbocycles. The van der Waals surface area contributed by atoms with E-state index >= 15 is 0 Å². The number of rotatable bonds is 0. The fraction of sp³-hybridized carbons (Fsp3) is 0.375. The second-order valence-corrected chi connectivity index (χ2v) is 2.91. The van der Waals surface area contributed by atoms with Crippen LogP contribution in [0.15, 0.2) is 22.9 Å². The summed E-state index contributed by atoms with van der Waals surface area (Å²) >= 11 is 0. The van der Waals surface area contributed by atoms with Crippen LogP contribution in [0.4, 0.5) is 0 Å². The van der Waals surface area contributed by atoms with Crippen LogP contribution in [-0.2, 0) is 4.79 Å². The first-order valence-electron chi connectivity index (χ1n) is 3.73. The van der Waals surface area contributed by atoms with Crippen molar-refractivity contribution in [3.05, 3.63) is 22.9 Å². The summed E-state index contributed by atoms with van der Waals surface area (Å²) in [4.78, 5) is 11.1. The average Bonchev–Trinajstić information content (AvgIpc) is 2.32. The minimum Gasteiger partial charge on any atom is -0.402 e. The number of allylic oxidation sites excluding steroid dienone is 1. The summed E-state index contributed by atoms with van der Waals surface area (Å²) < 4.78 is 0. The summed E-state index contributed by atoms with van der Waals surface area (Å²) in [5, 5.41) is 2.77. The zero-order valence-corrected chi connectivity index (χ0v) is 6.18. The molecule has 1 amide bonds. The number of hydrogen-bond donors (Lipinski definition) is 2. The Hall–Kier alpha value is -1.25. The van der Waals surface area contributed by atoms with Crippen LogP contribution < -0.4 is 11.1 Å². The lowest BCUT2D eigenvalue weighted by atomic mass is 9.98. The Morgan fingerprint density at radius 2 is 2.27 bits per heavy atom. The van der Waals surface area contributed by atoms with Crippen molar-refractivity contribution in [1.29, 1.82) is 0 Å². The van der Waals surface area contributed by atoms with Gasteiger partial charge in [0.15, 0.2) is 0 Å². The molecule has 0 aromatic carbocycles. The van der Waals surface area contributed by atoms with Crippen LogP contribution in [0, 0.1) is 0 Å². The molecule has 0 unspecified atom stereocenters. The molecule has 0 bridgehead atoms. The van der Waals surface area contributed by atoms with Crippen LogP contribution in [-0.4, -0.2) is 12.5 Å². The highest BCUT2D eigenvalue weighted by Gasteiger charge is 2.23. The third-order valence-electron chi connectivity index (χ3n) is 2.12. The molecule has 0 saturated heterocycles. The van der Waals surface area contributed by atoms with E-state index in [2.05, 4.69) is 5.32 Å². The smallest absolute Gasteiger partial charge is 0.247 e. The van der Waals surface area contributed by atoms with Gasteiger partial charge < -0.3 is 11.1 Å². The summed E-state index contributed by atoms with van der Waals surface area (Å²) in [6.45, 7) is 0.662. The number of nitrogens with two attached hydrogens (primary N) is 1. The highest BCUT2D eigenvalue weighted by Crippen LogP contribution is 2.24. The Kier molecular flexibility index (Phi) is 1.24. The van der Waals surface area contributed by atoms with E-state index in [0.29, 0.717) is 6.54 Å². The van der Waals surface area contributed by atoms with Crippen molar-refractivity contribution in [2.24, 2.45) is 5.73 Å². The van der Waals surface area contributed by atoms with Gasteiger partial charge in [-0.05, 0) is 24.5 Å². The van der Waals surface area contributed by atoms with E-state index in [1.54, 1.807) is 0 Å². The maximum Gasteiger partial charge on any atom is 0.247 e. The molecule has 1 aliphatic heterocycles. The number of carbonyl (C=O) groups is 1. The van der Waals surface area contributed by atoms with Crippen molar-refractivity contribution in [1.82, 2.24) is 5.32 Å². The molecule has 58 valence electrons. The standard InChI is InChI=1S/C8H10N2O/c9-6-1-2-7-5(3-6)4-10-8(7)11/h3H,1-2,4,9H2,(H,10,11). The van der Waals surface area contributed by atoms with Gasteiger partial charge in [-0.15, -0.1) is 0 Å². The van der Waals surface area contributed by atoms with E-state index in [9.17, 15) is 4.79 Å². The Labute approximate surface area is 65.0 Å². The van der Waals surface area contributed by atoms with E-state index in [1.165, 1.54) is 0 Å². The van der Waals surface area contributed by atoms with E-state index in [1.807, 2.05) is 6.08 Å². The molecular weight excluding hydrogens is 140 g/mol. The Morgan fingerprint density at radius 3 is 3.09 bits per heavy atom. The lowest BCUT2D eigenvalue weighted by molar-refractivity contribution is -0.116. The lowest BCUT2D eigenvalue weighted by Gasteiger charge is -2.08. The highest BCUT2D eigenvalue weighted by molar-refractivity contribution is 5.98. The van der Waals surface area contributed by atoms with Gasteiger partial charge in [-0.1, -0.05) is 0 Å². The fourth-order valence-electron chi connectivity index (χ4n) is 1.51. The third-order valence-corrected chi connectivity index (χ3v) is 2.12. The van der Waals surface area contributed by atoms with Gasteiger partial charge in [0.2, 0.25) is 5.91 Å². The third kappa shape index (κ3) is 0.926. The summed E-state index contributed by atoms with van der Waals surface area (Å²) in [7, 11) is 0. The minimum absolute atomic E-state index is 0.0868. The Morgan fingerprint density at radius 1 is 1.45 bits per heavy atom. The van der Waals surface area contributed by atoms with Crippen molar-refractivity contribution in [2.45, 2.75) is 12.8 Å². The normalized spacial score (nSPS) is 22.9.